The van der Waals surface area contributed by atoms with Crippen LogP contribution in [0.5, 0.6) is 0 Å². The Kier molecular flexibility index (Phi) is 7.50. The fraction of sp³-hybridized carbons (Fsp3) is 0.400. The molecule has 0 fully saturated rings. The Labute approximate surface area is 124 Å². The van der Waals surface area contributed by atoms with E-state index in [0.717, 1.165) is 11.1 Å². The molecule has 0 aliphatic carbocycles. The van der Waals surface area contributed by atoms with E-state index in [1.165, 1.54) is 12.1 Å². The summed E-state index contributed by atoms with van der Waals surface area (Å²) in [4.78, 5) is -0.0955. The van der Waals surface area contributed by atoms with Crippen LogP contribution >= 0.6 is 0 Å². The first kappa shape index (κ1) is 17.1. The quantitative estimate of drug-likeness (QED) is 0.483. The molecule has 0 radical (unpaired) electrons. The van der Waals surface area contributed by atoms with Crippen molar-refractivity contribution in [2.75, 3.05) is 13.1 Å². The molecule has 0 unspecified atom stereocenters. The van der Waals surface area contributed by atoms with E-state index >= 15 is 0 Å². The first-order valence-electron chi connectivity index (χ1n) is 4.98. The molecular weight excluding hydrogens is 251 g/mol. The summed E-state index contributed by atoms with van der Waals surface area (Å²) in [6.07, 6.45) is 1.14. The SMILES string of the molecule is NCCc1cc(CCN)cc(S(=O)(=O)O)c1.[NaH]. The second-order valence-corrected chi connectivity index (χ2v) is 4.96. The van der Waals surface area contributed by atoms with Gasteiger partial charge < -0.3 is 11.5 Å². The van der Waals surface area contributed by atoms with Gasteiger partial charge in [0.05, 0.1) is 4.90 Å². The molecule has 7 heteroatoms. The predicted molar refractivity (Wildman–Crippen MR) is 68.9 cm³/mol. The van der Waals surface area contributed by atoms with Gasteiger partial charge in [0.15, 0.2) is 0 Å². The van der Waals surface area contributed by atoms with Crippen molar-refractivity contribution in [2.45, 2.75) is 17.7 Å². The Morgan fingerprint density at radius 1 is 1.00 bits per heavy atom. The third-order valence-corrected chi connectivity index (χ3v) is 3.02. The number of rotatable bonds is 5. The number of hydrogen-bond donors (Lipinski definition) is 3. The van der Waals surface area contributed by atoms with Crippen LogP contribution < -0.4 is 11.5 Å². The topological polar surface area (TPSA) is 106 Å². The summed E-state index contributed by atoms with van der Waals surface area (Å²) in [7, 11) is -4.17. The Hall–Kier alpha value is 0.0500. The summed E-state index contributed by atoms with van der Waals surface area (Å²) in [5, 5.41) is 0. The number of nitrogens with two attached hydrogens (primary N) is 2. The molecule has 0 aliphatic heterocycles. The van der Waals surface area contributed by atoms with Crippen molar-refractivity contribution in [3.05, 3.63) is 29.3 Å². The first-order chi connectivity index (χ1) is 7.47. The van der Waals surface area contributed by atoms with E-state index in [1.54, 1.807) is 0 Å². The third kappa shape index (κ3) is 5.48. The van der Waals surface area contributed by atoms with E-state index in [-0.39, 0.29) is 34.5 Å². The van der Waals surface area contributed by atoms with Gasteiger partial charge in [0.1, 0.15) is 0 Å². The summed E-state index contributed by atoms with van der Waals surface area (Å²) >= 11 is 0. The van der Waals surface area contributed by atoms with Gasteiger partial charge in [0.2, 0.25) is 0 Å². The molecule has 0 amide bonds. The molecule has 0 spiro atoms. The molecule has 0 aliphatic rings. The van der Waals surface area contributed by atoms with Gasteiger partial charge in [-0.1, -0.05) is 6.07 Å². The molecule has 1 aromatic rings. The van der Waals surface area contributed by atoms with Crippen molar-refractivity contribution in [3.63, 3.8) is 0 Å². The van der Waals surface area contributed by atoms with E-state index in [9.17, 15) is 8.42 Å². The molecule has 0 aromatic heterocycles. The summed E-state index contributed by atoms with van der Waals surface area (Å²) in [5.74, 6) is 0. The van der Waals surface area contributed by atoms with E-state index in [2.05, 4.69) is 0 Å². The normalized spacial score (nSPS) is 11.0. The van der Waals surface area contributed by atoms with Crippen LogP contribution in [0.25, 0.3) is 0 Å². The van der Waals surface area contributed by atoms with E-state index < -0.39 is 10.1 Å². The minimum absolute atomic E-state index is 0. The zero-order chi connectivity index (χ0) is 12.2. The Balaban J connectivity index is 0.00000256. The van der Waals surface area contributed by atoms with Gasteiger partial charge in [-0.25, -0.2) is 0 Å². The monoisotopic (exact) mass is 268 g/mol. The van der Waals surface area contributed by atoms with Gasteiger partial charge in [-0.15, -0.1) is 0 Å². The van der Waals surface area contributed by atoms with Crippen LogP contribution in [-0.4, -0.2) is 55.6 Å². The van der Waals surface area contributed by atoms with Crippen molar-refractivity contribution < 1.29 is 13.0 Å². The van der Waals surface area contributed by atoms with E-state index in [4.69, 9.17) is 16.0 Å². The van der Waals surface area contributed by atoms with Crippen molar-refractivity contribution in [2.24, 2.45) is 11.5 Å². The molecule has 1 aromatic carbocycles. The van der Waals surface area contributed by atoms with E-state index in [1.807, 2.05) is 6.07 Å². The fourth-order valence-electron chi connectivity index (χ4n) is 1.50. The van der Waals surface area contributed by atoms with Gasteiger partial charge in [-0.2, -0.15) is 8.42 Å². The Morgan fingerprint density at radius 2 is 1.41 bits per heavy atom. The van der Waals surface area contributed by atoms with Gasteiger partial charge in [0, 0.05) is 0 Å². The molecule has 1 rings (SSSR count). The van der Waals surface area contributed by atoms with Crippen molar-refractivity contribution >= 4 is 39.7 Å². The van der Waals surface area contributed by atoms with Gasteiger partial charge >= 0.3 is 29.6 Å². The Bertz CT molecular complexity index is 438. The molecule has 0 heterocycles. The van der Waals surface area contributed by atoms with Crippen LogP contribution in [0.1, 0.15) is 11.1 Å². The number of hydrogen-bond acceptors (Lipinski definition) is 4. The summed E-state index contributed by atoms with van der Waals surface area (Å²) in [6, 6.07) is 4.72. The predicted octanol–water partition coefficient (Wildman–Crippen LogP) is -0.713. The molecule has 0 bridgehead atoms. The molecule has 5 nitrogen and oxygen atoms in total. The average Bonchev–Trinajstić information content (AvgIpc) is 2.17. The van der Waals surface area contributed by atoms with Crippen LogP contribution in [-0.2, 0) is 23.0 Å². The van der Waals surface area contributed by atoms with Gasteiger partial charge in [-0.05, 0) is 49.2 Å². The second kappa shape index (κ2) is 7.48. The van der Waals surface area contributed by atoms with Crippen molar-refractivity contribution in [1.82, 2.24) is 0 Å². The molecule has 0 saturated heterocycles. The van der Waals surface area contributed by atoms with Crippen LogP contribution in [0.3, 0.4) is 0 Å². The maximum absolute atomic E-state index is 11.0. The fourth-order valence-corrected chi connectivity index (χ4v) is 2.10. The van der Waals surface area contributed by atoms with Crippen LogP contribution in [0, 0.1) is 0 Å². The molecule has 0 atom stereocenters. The summed E-state index contributed by atoms with van der Waals surface area (Å²) in [6.45, 7) is 0.855. The molecule has 0 saturated carbocycles. The molecule has 5 N–H and O–H groups in total. The van der Waals surface area contributed by atoms with Gasteiger partial charge in [0.25, 0.3) is 10.1 Å². The first-order valence-corrected chi connectivity index (χ1v) is 6.42. The van der Waals surface area contributed by atoms with Crippen LogP contribution in [0.2, 0.25) is 0 Å². The number of benzene rings is 1. The third-order valence-electron chi connectivity index (χ3n) is 2.19. The Morgan fingerprint density at radius 3 is 1.71 bits per heavy atom. The van der Waals surface area contributed by atoms with Gasteiger partial charge in [-0.3, -0.25) is 4.55 Å². The zero-order valence-electron chi connectivity index (χ0n) is 8.89. The minimum atomic E-state index is -4.17. The summed E-state index contributed by atoms with van der Waals surface area (Å²) in [5.41, 5.74) is 12.4. The van der Waals surface area contributed by atoms with Crippen molar-refractivity contribution in [3.8, 4) is 0 Å². The van der Waals surface area contributed by atoms with Crippen LogP contribution in [0.15, 0.2) is 23.1 Å². The average molecular weight is 268 g/mol. The second-order valence-electron chi connectivity index (χ2n) is 3.54. The standard InChI is InChI=1S/C10H16N2O3S.Na.H/c11-3-1-8-5-9(2-4-12)7-10(6-8)16(13,14)15;;/h5-7H,1-4,11-12H2,(H,13,14,15);;. The molecule has 92 valence electrons. The molecule has 17 heavy (non-hydrogen) atoms. The van der Waals surface area contributed by atoms with Crippen molar-refractivity contribution in [1.29, 1.82) is 0 Å². The van der Waals surface area contributed by atoms with Crippen LogP contribution in [0.4, 0.5) is 0 Å². The summed E-state index contributed by atoms with van der Waals surface area (Å²) < 4.78 is 31.1. The maximum atomic E-state index is 11.0. The van der Waals surface area contributed by atoms with E-state index in [0.29, 0.717) is 25.9 Å². The molecular formula is C10H17N2NaO3S. The zero-order valence-corrected chi connectivity index (χ0v) is 9.70.